The van der Waals surface area contributed by atoms with E-state index in [2.05, 4.69) is 5.32 Å². The third-order valence-electron chi connectivity index (χ3n) is 5.21. The zero-order chi connectivity index (χ0) is 20.3. The molecule has 0 saturated carbocycles. The van der Waals surface area contributed by atoms with Crippen LogP contribution in [0.25, 0.3) is 0 Å². The molecule has 148 valence electrons. The van der Waals surface area contributed by atoms with Crippen molar-refractivity contribution in [3.63, 3.8) is 0 Å². The Labute approximate surface area is 162 Å². The van der Waals surface area contributed by atoms with Gasteiger partial charge in [-0.1, -0.05) is 12.1 Å². The van der Waals surface area contributed by atoms with Gasteiger partial charge in [-0.25, -0.2) is 8.78 Å². The van der Waals surface area contributed by atoms with Crippen molar-refractivity contribution in [2.24, 2.45) is 0 Å². The topological polar surface area (TPSA) is 53.9 Å². The Balaban J connectivity index is 1.53. The molecule has 1 fully saturated rings. The van der Waals surface area contributed by atoms with E-state index in [-0.39, 0.29) is 11.5 Å². The van der Waals surface area contributed by atoms with Crippen LogP contribution in [-0.2, 0) is 4.79 Å². The molecule has 1 heterocycles. The molecule has 2 amide bonds. The SMILES string of the molecule is Cc1cccc(NC(=O)C[NH+]2CCN(C(=O)c3ccc(F)cc3F)CC2)c1C. The van der Waals surface area contributed by atoms with E-state index in [9.17, 15) is 18.4 Å². The Hall–Kier alpha value is -2.80. The predicted octanol–water partition coefficient (Wildman–Crippen LogP) is 1.56. The Morgan fingerprint density at radius 1 is 1.11 bits per heavy atom. The van der Waals surface area contributed by atoms with Gasteiger partial charge in [0.2, 0.25) is 0 Å². The molecule has 0 unspecified atom stereocenters. The number of quaternary nitrogens is 1. The second-order valence-electron chi connectivity index (χ2n) is 7.14. The van der Waals surface area contributed by atoms with Gasteiger partial charge in [-0.15, -0.1) is 0 Å². The van der Waals surface area contributed by atoms with Crippen molar-refractivity contribution in [1.82, 2.24) is 4.90 Å². The molecule has 2 aromatic rings. The van der Waals surface area contributed by atoms with Crippen LogP contribution in [0.3, 0.4) is 0 Å². The first kappa shape index (κ1) is 19.9. The standard InChI is InChI=1S/C21H23F2N3O2/c1-14-4-3-5-19(15(14)2)24-20(27)13-25-8-10-26(11-9-25)21(28)17-7-6-16(22)12-18(17)23/h3-7,12H,8-11,13H2,1-2H3,(H,24,27)/p+1. The van der Waals surface area contributed by atoms with Gasteiger partial charge in [-0.2, -0.15) is 0 Å². The zero-order valence-electron chi connectivity index (χ0n) is 16.0. The first-order chi connectivity index (χ1) is 13.3. The average molecular weight is 388 g/mol. The molecular weight excluding hydrogens is 364 g/mol. The molecule has 1 aliphatic heterocycles. The van der Waals surface area contributed by atoms with Crippen molar-refractivity contribution in [3.05, 3.63) is 64.7 Å². The summed E-state index contributed by atoms with van der Waals surface area (Å²) < 4.78 is 26.8. The maximum atomic E-state index is 13.8. The lowest BCUT2D eigenvalue weighted by atomic mass is 10.1. The maximum Gasteiger partial charge on any atom is 0.279 e. The summed E-state index contributed by atoms with van der Waals surface area (Å²) >= 11 is 0. The Kier molecular flexibility index (Phi) is 6.04. The Bertz CT molecular complexity index is 893. The molecule has 0 atom stereocenters. The van der Waals surface area contributed by atoms with Gasteiger partial charge in [0, 0.05) is 11.8 Å². The van der Waals surface area contributed by atoms with Crippen LogP contribution in [0.1, 0.15) is 21.5 Å². The van der Waals surface area contributed by atoms with Crippen molar-refractivity contribution in [2.45, 2.75) is 13.8 Å². The van der Waals surface area contributed by atoms with E-state index in [1.165, 1.54) is 6.07 Å². The van der Waals surface area contributed by atoms with E-state index in [0.29, 0.717) is 38.8 Å². The van der Waals surface area contributed by atoms with Crippen molar-refractivity contribution < 1.29 is 23.3 Å². The quantitative estimate of drug-likeness (QED) is 0.835. The largest absolute Gasteiger partial charge is 0.327 e. The third-order valence-corrected chi connectivity index (χ3v) is 5.21. The zero-order valence-corrected chi connectivity index (χ0v) is 16.0. The van der Waals surface area contributed by atoms with Gasteiger partial charge < -0.3 is 15.1 Å². The molecule has 2 N–H and O–H groups in total. The lowest BCUT2D eigenvalue weighted by Gasteiger charge is -2.32. The fourth-order valence-corrected chi connectivity index (χ4v) is 3.34. The monoisotopic (exact) mass is 388 g/mol. The number of carbonyl (C=O) groups is 2. The van der Waals surface area contributed by atoms with Gasteiger partial charge in [0.15, 0.2) is 6.54 Å². The smallest absolute Gasteiger partial charge is 0.279 e. The average Bonchev–Trinajstić information content (AvgIpc) is 2.65. The molecule has 28 heavy (non-hydrogen) atoms. The normalized spacial score (nSPS) is 14.8. The number of carbonyl (C=O) groups excluding carboxylic acids is 2. The number of nitrogens with one attached hydrogen (secondary N) is 2. The van der Waals surface area contributed by atoms with Crippen LogP contribution in [0.15, 0.2) is 36.4 Å². The fourth-order valence-electron chi connectivity index (χ4n) is 3.34. The number of nitrogens with zero attached hydrogens (tertiary/aromatic N) is 1. The second kappa shape index (κ2) is 8.48. The number of hydrogen-bond donors (Lipinski definition) is 2. The summed E-state index contributed by atoms with van der Waals surface area (Å²) in [5, 5.41) is 2.95. The van der Waals surface area contributed by atoms with E-state index in [1.807, 2.05) is 32.0 Å². The minimum absolute atomic E-state index is 0.0759. The van der Waals surface area contributed by atoms with Gasteiger partial charge in [-0.3, -0.25) is 9.59 Å². The molecule has 5 nitrogen and oxygen atoms in total. The lowest BCUT2D eigenvalue weighted by Crippen LogP contribution is -3.15. The lowest BCUT2D eigenvalue weighted by molar-refractivity contribution is -0.895. The summed E-state index contributed by atoms with van der Waals surface area (Å²) in [5.41, 5.74) is 2.84. The highest BCUT2D eigenvalue weighted by Gasteiger charge is 2.27. The molecule has 3 rings (SSSR count). The maximum absolute atomic E-state index is 13.8. The highest BCUT2D eigenvalue weighted by atomic mass is 19.1. The molecule has 1 aliphatic rings. The van der Waals surface area contributed by atoms with Gasteiger partial charge in [0.1, 0.15) is 11.6 Å². The molecular formula is C21H24F2N3O2+. The summed E-state index contributed by atoms with van der Waals surface area (Å²) in [6, 6.07) is 8.75. The van der Waals surface area contributed by atoms with Crippen molar-refractivity contribution in [3.8, 4) is 0 Å². The van der Waals surface area contributed by atoms with Crippen LogP contribution in [0, 0.1) is 25.5 Å². The van der Waals surface area contributed by atoms with Crippen LogP contribution in [0.4, 0.5) is 14.5 Å². The van der Waals surface area contributed by atoms with Crippen molar-refractivity contribution >= 4 is 17.5 Å². The number of aryl methyl sites for hydroxylation is 1. The fraction of sp³-hybridized carbons (Fsp3) is 0.333. The Morgan fingerprint density at radius 3 is 2.50 bits per heavy atom. The second-order valence-corrected chi connectivity index (χ2v) is 7.14. The number of amides is 2. The van der Waals surface area contributed by atoms with Gasteiger partial charge in [-0.05, 0) is 43.2 Å². The minimum atomic E-state index is -0.854. The van der Waals surface area contributed by atoms with Gasteiger partial charge in [0.05, 0.1) is 31.7 Å². The Morgan fingerprint density at radius 2 is 1.82 bits per heavy atom. The predicted molar refractivity (Wildman–Crippen MR) is 102 cm³/mol. The highest BCUT2D eigenvalue weighted by Crippen LogP contribution is 2.17. The number of rotatable bonds is 4. The van der Waals surface area contributed by atoms with Gasteiger partial charge >= 0.3 is 0 Å². The van der Waals surface area contributed by atoms with Crippen LogP contribution < -0.4 is 10.2 Å². The van der Waals surface area contributed by atoms with Crippen LogP contribution in [0.5, 0.6) is 0 Å². The number of hydrogen-bond acceptors (Lipinski definition) is 2. The molecule has 7 heteroatoms. The molecule has 1 saturated heterocycles. The van der Waals surface area contributed by atoms with Crippen molar-refractivity contribution in [2.75, 3.05) is 38.0 Å². The number of halogens is 2. The first-order valence-corrected chi connectivity index (χ1v) is 9.29. The van der Waals surface area contributed by atoms with E-state index in [1.54, 1.807) is 4.90 Å². The molecule has 0 aliphatic carbocycles. The van der Waals surface area contributed by atoms with Crippen LogP contribution >= 0.6 is 0 Å². The van der Waals surface area contributed by atoms with Crippen molar-refractivity contribution in [1.29, 1.82) is 0 Å². The van der Waals surface area contributed by atoms with Gasteiger partial charge in [0.25, 0.3) is 11.8 Å². The summed E-state index contributed by atoms with van der Waals surface area (Å²) in [6.45, 7) is 6.29. The summed E-state index contributed by atoms with van der Waals surface area (Å²) in [7, 11) is 0. The van der Waals surface area contributed by atoms with E-state index in [4.69, 9.17) is 0 Å². The number of piperazine rings is 1. The first-order valence-electron chi connectivity index (χ1n) is 9.29. The molecule has 0 radical (unpaired) electrons. The summed E-state index contributed by atoms with van der Waals surface area (Å²) in [6.07, 6.45) is 0. The molecule has 0 aromatic heterocycles. The molecule has 0 bridgehead atoms. The van der Waals surface area contributed by atoms with Crippen LogP contribution in [0.2, 0.25) is 0 Å². The van der Waals surface area contributed by atoms with E-state index < -0.39 is 17.5 Å². The van der Waals surface area contributed by atoms with E-state index >= 15 is 0 Å². The summed E-state index contributed by atoms with van der Waals surface area (Å²) in [5.74, 6) is -2.09. The molecule has 0 spiro atoms. The third kappa shape index (κ3) is 4.54. The minimum Gasteiger partial charge on any atom is -0.327 e. The molecule has 2 aromatic carbocycles. The highest BCUT2D eigenvalue weighted by molar-refractivity contribution is 5.94. The number of benzene rings is 2. The summed E-state index contributed by atoms with van der Waals surface area (Å²) in [4.78, 5) is 27.4. The van der Waals surface area contributed by atoms with E-state index in [0.717, 1.165) is 27.8 Å². The number of anilines is 1. The van der Waals surface area contributed by atoms with Crippen LogP contribution in [-0.4, -0.2) is 49.4 Å².